The molecule has 0 unspecified atom stereocenters. The number of rotatable bonds is 7. The molecule has 0 saturated carbocycles. The Hall–Kier alpha value is -5.35. The minimum Gasteiger partial charge on any atom is -0.497 e. The number of nitrogens with zero attached hydrogens (tertiary/aromatic N) is 3. The zero-order valence-electron chi connectivity index (χ0n) is 23.8. The van der Waals surface area contributed by atoms with Gasteiger partial charge in [-0.25, -0.2) is 10.3 Å². The summed E-state index contributed by atoms with van der Waals surface area (Å²) in [6.45, 7) is 0. The molecule has 2 atom stereocenters. The lowest BCUT2D eigenvalue weighted by Gasteiger charge is -2.52. The summed E-state index contributed by atoms with van der Waals surface area (Å²) in [6, 6.07) is 26.1. The van der Waals surface area contributed by atoms with Crippen LogP contribution in [-0.2, 0) is 26.2 Å². The van der Waals surface area contributed by atoms with Gasteiger partial charge in [0.25, 0.3) is 5.69 Å². The van der Waals surface area contributed by atoms with Crippen molar-refractivity contribution in [2.75, 3.05) is 12.0 Å². The van der Waals surface area contributed by atoms with E-state index in [1.165, 1.54) is 12.1 Å². The number of carbonyl (C=O) groups is 3. The third kappa shape index (κ3) is 4.24. The first-order valence-corrected chi connectivity index (χ1v) is 14.6. The Labute approximate surface area is 262 Å². The van der Waals surface area contributed by atoms with E-state index in [2.05, 4.69) is 10.5 Å². The number of methoxy groups -OCH3 is 1. The number of ether oxygens (including phenoxy) is 1. The molecule has 1 N–H and O–H groups in total. The van der Waals surface area contributed by atoms with Gasteiger partial charge in [0, 0.05) is 23.2 Å². The molecule has 1 heterocycles. The fourth-order valence-corrected chi connectivity index (χ4v) is 7.46. The topological polar surface area (TPSA) is 131 Å². The Bertz CT molecular complexity index is 1890. The maximum absolute atomic E-state index is 14.5. The van der Waals surface area contributed by atoms with Gasteiger partial charge in [0.1, 0.15) is 11.4 Å². The van der Waals surface area contributed by atoms with E-state index < -0.39 is 45.6 Å². The highest BCUT2D eigenvalue weighted by atomic mass is 35.5. The van der Waals surface area contributed by atoms with Crippen LogP contribution in [0.25, 0.3) is 0 Å². The van der Waals surface area contributed by atoms with Crippen LogP contribution < -0.4 is 15.1 Å². The zero-order valence-corrected chi connectivity index (χ0v) is 24.6. The van der Waals surface area contributed by atoms with Crippen molar-refractivity contribution in [3.8, 4) is 5.75 Å². The lowest BCUT2D eigenvalue weighted by molar-refractivity contribution is -0.384. The number of hydrogen-bond donors (Lipinski definition) is 1. The molecule has 10 nitrogen and oxygen atoms in total. The van der Waals surface area contributed by atoms with Crippen LogP contribution in [0.2, 0.25) is 5.02 Å². The number of nitrogens with one attached hydrogen (secondary N) is 1. The standard InChI is InChI=1S/C34H25ClN4O6/c1-45-21-13-10-19(11-14-21)16-28(40)37-36-18-34-24-8-4-2-6-22(24)29(23-7-3-5-9-25(23)34)30-31(34)33(42)38(32(30)41)26-15-12-20(35)17-27(26)39(43)44/h2-15,17-18,29-31H,16H2,1H3,(H,37,40)/b36-18-/t29?,30-,31-,34?/m1/s1. The fraction of sp³-hybridized carbons (Fsp3) is 0.176. The van der Waals surface area contributed by atoms with Gasteiger partial charge in [-0.05, 0) is 52.1 Å². The fourth-order valence-electron chi connectivity index (χ4n) is 7.29. The normalized spacial score (nSPS) is 22.6. The first-order chi connectivity index (χ1) is 21.8. The maximum atomic E-state index is 14.5. The van der Waals surface area contributed by atoms with Crippen molar-refractivity contribution in [2.24, 2.45) is 16.9 Å². The average Bonchev–Trinajstić information content (AvgIpc) is 3.32. The summed E-state index contributed by atoms with van der Waals surface area (Å²) in [6.07, 6.45) is 1.61. The number of nitro groups is 1. The average molecular weight is 621 g/mol. The first kappa shape index (κ1) is 28.4. The van der Waals surface area contributed by atoms with Crippen LogP contribution in [0, 0.1) is 22.0 Å². The van der Waals surface area contributed by atoms with Gasteiger partial charge >= 0.3 is 0 Å². The minimum absolute atomic E-state index is 0.0566. The molecule has 224 valence electrons. The number of amides is 3. The molecule has 4 aromatic rings. The second kappa shape index (κ2) is 10.7. The Morgan fingerprint density at radius 3 is 2.27 bits per heavy atom. The van der Waals surface area contributed by atoms with Gasteiger partial charge in [-0.2, -0.15) is 5.10 Å². The van der Waals surface area contributed by atoms with E-state index in [0.717, 1.165) is 38.8 Å². The summed E-state index contributed by atoms with van der Waals surface area (Å²) in [5.41, 5.74) is 4.84. The highest BCUT2D eigenvalue weighted by Crippen LogP contribution is 2.64. The molecule has 1 aliphatic heterocycles. The quantitative estimate of drug-likeness (QED) is 0.132. The molecule has 8 rings (SSSR count). The van der Waals surface area contributed by atoms with Crippen molar-refractivity contribution >= 4 is 46.9 Å². The monoisotopic (exact) mass is 620 g/mol. The van der Waals surface area contributed by atoms with E-state index in [1.54, 1.807) is 37.6 Å². The van der Waals surface area contributed by atoms with E-state index in [0.29, 0.717) is 5.75 Å². The third-order valence-corrected chi connectivity index (χ3v) is 9.28. The summed E-state index contributed by atoms with van der Waals surface area (Å²) in [5, 5.41) is 16.5. The predicted molar refractivity (Wildman–Crippen MR) is 166 cm³/mol. The molecule has 1 fully saturated rings. The van der Waals surface area contributed by atoms with Crippen molar-refractivity contribution < 1.29 is 24.0 Å². The van der Waals surface area contributed by atoms with Crippen LogP contribution in [0.3, 0.4) is 0 Å². The van der Waals surface area contributed by atoms with Crippen molar-refractivity contribution in [3.05, 3.63) is 134 Å². The Morgan fingerprint density at radius 2 is 1.64 bits per heavy atom. The smallest absolute Gasteiger partial charge is 0.294 e. The summed E-state index contributed by atoms with van der Waals surface area (Å²) in [7, 11) is 1.56. The van der Waals surface area contributed by atoms with Gasteiger partial charge in [0.15, 0.2) is 0 Å². The zero-order chi connectivity index (χ0) is 31.5. The van der Waals surface area contributed by atoms with Crippen LogP contribution >= 0.6 is 11.6 Å². The van der Waals surface area contributed by atoms with E-state index in [1.807, 2.05) is 48.5 Å². The second-order valence-electron chi connectivity index (χ2n) is 11.2. The molecule has 3 amide bonds. The highest BCUT2D eigenvalue weighted by molar-refractivity contribution is 6.31. The van der Waals surface area contributed by atoms with Crippen molar-refractivity contribution in [1.82, 2.24) is 5.43 Å². The number of hydrogen-bond acceptors (Lipinski definition) is 7. The minimum atomic E-state index is -1.25. The molecule has 0 aromatic heterocycles. The number of benzene rings is 4. The number of anilines is 1. The summed E-state index contributed by atoms with van der Waals surface area (Å²) in [5.74, 6) is -3.12. The SMILES string of the molecule is COc1ccc(CC(=O)N/N=C\C23c4ccccc4C(c4ccccc42)[C@H]2C(=O)N(c4ccc(Cl)cc4[N+](=O)[O-])C(=O)[C@@H]23)cc1. The van der Waals surface area contributed by atoms with Crippen LogP contribution in [0.1, 0.15) is 33.7 Å². The van der Waals surface area contributed by atoms with E-state index in [4.69, 9.17) is 16.3 Å². The molecule has 45 heavy (non-hydrogen) atoms. The van der Waals surface area contributed by atoms with Gasteiger partial charge in [0.05, 0.1) is 35.7 Å². The van der Waals surface area contributed by atoms with Crippen molar-refractivity contribution in [1.29, 1.82) is 0 Å². The summed E-state index contributed by atoms with van der Waals surface area (Å²) < 4.78 is 5.18. The molecule has 4 aliphatic rings. The molecular weight excluding hydrogens is 596 g/mol. The molecule has 0 radical (unpaired) electrons. The molecule has 4 aromatic carbocycles. The number of halogens is 1. The van der Waals surface area contributed by atoms with Gasteiger partial charge in [-0.1, -0.05) is 72.3 Å². The lowest BCUT2D eigenvalue weighted by atomic mass is 9.47. The van der Waals surface area contributed by atoms with Crippen LogP contribution in [0.15, 0.2) is 96.1 Å². The molecular formula is C34H25ClN4O6. The Balaban J connectivity index is 1.34. The van der Waals surface area contributed by atoms with Crippen molar-refractivity contribution in [3.63, 3.8) is 0 Å². The molecule has 0 spiro atoms. The first-order valence-electron chi connectivity index (χ1n) is 14.2. The number of nitro benzene ring substituents is 1. The lowest BCUT2D eigenvalue weighted by Crippen LogP contribution is -2.54. The second-order valence-corrected chi connectivity index (χ2v) is 11.7. The molecule has 2 bridgehead atoms. The number of carbonyl (C=O) groups excluding carboxylic acids is 3. The van der Waals surface area contributed by atoms with E-state index in [-0.39, 0.29) is 23.0 Å². The highest BCUT2D eigenvalue weighted by Gasteiger charge is 2.68. The van der Waals surface area contributed by atoms with Crippen LogP contribution in [-0.4, -0.2) is 36.0 Å². The predicted octanol–water partition coefficient (Wildman–Crippen LogP) is 5.15. The van der Waals surface area contributed by atoms with Gasteiger partial charge in [-0.3, -0.25) is 24.5 Å². The summed E-state index contributed by atoms with van der Waals surface area (Å²) in [4.78, 5) is 54.1. The van der Waals surface area contributed by atoms with E-state index >= 15 is 0 Å². The largest absolute Gasteiger partial charge is 0.497 e. The maximum Gasteiger partial charge on any atom is 0.294 e. The van der Waals surface area contributed by atoms with E-state index in [9.17, 15) is 24.5 Å². The molecule has 1 saturated heterocycles. The van der Waals surface area contributed by atoms with Crippen LogP contribution in [0.4, 0.5) is 11.4 Å². The van der Waals surface area contributed by atoms with Crippen molar-refractivity contribution in [2.45, 2.75) is 17.8 Å². The summed E-state index contributed by atoms with van der Waals surface area (Å²) >= 11 is 6.06. The Kier molecular flexibility index (Phi) is 6.74. The molecule has 3 aliphatic carbocycles. The molecule has 11 heteroatoms. The third-order valence-electron chi connectivity index (χ3n) is 9.04. The van der Waals surface area contributed by atoms with Gasteiger partial charge in [-0.15, -0.1) is 0 Å². The number of imide groups is 1. The van der Waals surface area contributed by atoms with Gasteiger partial charge < -0.3 is 4.74 Å². The number of hydrazone groups is 1. The van der Waals surface area contributed by atoms with Gasteiger partial charge in [0.2, 0.25) is 17.7 Å². The Morgan fingerprint density at radius 1 is 1.00 bits per heavy atom. The van der Waals surface area contributed by atoms with Crippen LogP contribution in [0.5, 0.6) is 5.75 Å².